The van der Waals surface area contributed by atoms with Crippen LogP contribution in [0.3, 0.4) is 0 Å². The number of hydrogen-bond donors (Lipinski definition) is 0. The van der Waals surface area contributed by atoms with Gasteiger partial charge in [0.2, 0.25) is 0 Å². The van der Waals surface area contributed by atoms with Crippen LogP contribution < -0.4 is 0 Å². The van der Waals surface area contributed by atoms with Crippen LogP contribution >= 0.6 is 11.3 Å². The predicted octanol–water partition coefficient (Wildman–Crippen LogP) is 4.75. The fourth-order valence-electron chi connectivity index (χ4n) is 3.50. The molecule has 0 atom stereocenters. The van der Waals surface area contributed by atoms with Gasteiger partial charge in [-0.1, -0.05) is 18.2 Å². The highest BCUT2D eigenvalue weighted by molar-refractivity contribution is 7.10. The summed E-state index contributed by atoms with van der Waals surface area (Å²) in [6, 6.07) is 15.5. The van der Waals surface area contributed by atoms with Crippen LogP contribution in [-0.2, 0) is 13.0 Å². The molecular formula is C21H16N2O2S. The van der Waals surface area contributed by atoms with Crippen molar-refractivity contribution < 1.29 is 9.21 Å². The second kappa shape index (κ2) is 6.11. The average molecular weight is 360 g/mol. The van der Waals surface area contributed by atoms with E-state index in [2.05, 4.69) is 16.4 Å². The second-order valence-corrected chi connectivity index (χ2v) is 7.40. The minimum absolute atomic E-state index is 0.0493. The summed E-state index contributed by atoms with van der Waals surface area (Å²) in [6.07, 6.45) is 2.54. The number of amides is 1. The van der Waals surface area contributed by atoms with E-state index in [0.29, 0.717) is 23.6 Å². The number of thiophene rings is 1. The molecular weight excluding hydrogens is 344 g/mol. The Morgan fingerprint density at radius 2 is 2.08 bits per heavy atom. The van der Waals surface area contributed by atoms with E-state index in [1.54, 1.807) is 17.6 Å². The molecule has 1 amide bonds. The number of hydrogen-bond acceptors (Lipinski definition) is 4. The SMILES string of the molecule is O=C(c1cc(-c2ccco2)nc2ccccc12)N1CCc2sccc2C1. The van der Waals surface area contributed by atoms with Crippen LogP contribution in [0.15, 0.2) is 64.6 Å². The molecule has 0 aliphatic carbocycles. The third kappa shape index (κ3) is 2.52. The van der Waals surface area contributed by atoms with Gasteiger partial charge in [-0.2, -0.15) is 0 Å². The van der Waals surface area contributed by atoms with Gasteiger partial charge in [0, 0.05) is 23.4 Å². The lowest BCUT2D eigenvalue weighted by Crippen LogP contribution is -2.35. The van der Waals surface area contributed by atoms with Gasteiger partial charge in [0.25, 0.3) is 5.91 Å². The maximum atomic E-state index is 13.3. The number of benzene rings is 1. The lowest BCUT2D eigenvalue weighted by Gasteiger charge is -2.27. The van der Waals surface area contributed by atoms with Crippen molar-refractivity contribution in [1.29, 1.82) is 0 Å². The zero-order valence-electron chi connectivity index (χ0n) is 14.0. The first kappa shape index (κ1) is 15.3. The van der Waals surface area contributed by atoms with Gasteiger partial charge in [-0.25, -0.2) is 4.98 Å². The summed E-state index contributed by atoms with van der Waals surface area (Å²) in [4.78, 5) is 21.3. The van der Waals surface area contributed by atoms with E-state index in [1.807, 2.05) is 47.4 Å². The van der Waals surface area contributed by atoms with Gasteiger partial charge >= 0.3 is 0 Å². The molecule has 4 nitrogen and oxygen atoms in total. The molecule has 1 aromatic carbocycles. The smallest absolute Gasteiger partial charge is 0.254 e. The quantitative estimate of drug-likeness (QED) is 0.518. The van der Waals surface area contributed by atoms with E-state index in [0.717, 1.165) is 23.9 Å². The van der Waals surface area contributed by atoms with Crippen molar-refractivity contribution in [2.75, 3.05) is 6.54 Å². The van der Waals surface area contributed by atoms with Gasteiger partial charge in [0.05, 0.1) is 17.3 Å². The molecule has 5 heteroatoms. The molecule has 5 rings (SSSR count). The molecule has 0 bridgehead atoms. The molecule has 0 fully saturated rings. The van der Waals surface area contributed by atoms with Gasteiger partial charge < -0.3 is 9.32 Å². The zero-order valence-corrected chi connectivity index (χ0v) is 14.8. The molecule has 4 aromatic rings. The lowest BCUT2D eigenvalue weighted by atomic mass is 10.0. The molecule has 0 N–H and O–H groups in total. The van der Waals surface area contributed by atoms with Crippen molar-refractivity contribution in [1.82, 2.24) is 9.88 Å². The molecule has 26 heavy (non-hydrogen) atoms. The number of carbonyl (C=O) groups excluding carboxylic acids is 1. The van der Waals surface area contributed by atoms with Crippen LogP contribution in [0, 0.1) is 0 Å². The Kier molecular flexibility index (Phi) is 3.60. The van der Waals surface area contributed by atoms with Crippen LogP contribution in [0.2, 0.25) is 0 Å². The van der Waals surface area contributed by atoms with E-state index in [9.17, 15) is 4.79 Å². The normalized spacial score (nSPS) is 13.8. The van der Waals surface area contributed by atoms with Crippen molar-refractivity contribution in [3.63, 3.8) is 0 Å². The fraction of sp³-hybridized carbons (Fsp3) is 0.143. The zero-order chi connectivity index (χ0) is 17.5. The Labute approximate surface area is 154 Å². The maximum Gasteiger partial charge on any atom is 0.254 e. The topological polar surface area (TPSA) is 46.3 Å². The summed E-state index contributed by atoms with van der Waals surface area (Å²) in [5.74, 6) is 0.719. The average Bonchev–Trinajstić information content (AvgIpc) is 3.37. The molecule has 0 radical (unpaired) electrons. The van der Waals surface area contributed by atoms with Crippen molar-refractivity contribution in [2.45, 2.75) is 13.0 Å². The lowest BCUT2D eigenvalue weighted by molar-refractivity contribution is 0.0738. The molecule has 3 aromatic heterocycles. The van der Waals surface area contributed by atoms with Crippen LogP contribution in [0.25, 0.3) is 22.4 Å². The van der Waals surface area contributed by atoms with E-state index in [4.69, 9.17) is 4.42 Å². The molecule has 4 heterocycles. The highest BCUT2D eigenvalue weighted by atomic mass is 32.1. The third-order valence-corrected chi connectivity index (χ3v) is 5.84. The Morgan fingerprint density at radius 3 is 2.96 bits per heavy atom. The molecule has 0 saturated carbocycles. The Hall–Kier alpha value is -2.92. The molecule has 0 saturated heterocycles. The Morgan fingerprint density at radius 1 is 1.15 bits per heavy atom. The van der Waals surface area contributed by atoms with Gasteiger partial charge in [-0.3, -0.25) is 4.79 Å². The summed E-state index contributed by atoms with van der Waals surface area (Å²) in [6.45, 7) is 1.42. The minimum Gasteiger partial charge on any atom is -0.463 e. The fourth-order valence-corrected chi connectivity index (χ4v) is 4.38. The molecule has 128 valence electrons. The highest BCUT2D eigenvalue weighted by Gasteiger charge is 2.24. The minimum atomic E-state index is 0.0493. The molecule has 0 unspecified atom stereocenters. The van der Waals surface area contributed by atoms with Crippen molar-refractivity contribution >= 4 is 28.1 Å². The number of furan rings is 1. The van der Waals surface area contributed by atoms with Crippen molar-refractivity contribution in [2.24, 2.45) is 0 Å². The van der Waals surface area contributed by atoms with Crippen LogP contribution in [0.1, 0.15) is 20.8 Å². The number of nitrogens with zero attached hydrogens (tertiary/aromatic N) is 2. The summed E-state index contributed by atoms with van der Waals surface area (Å²) in [5, 5.41) is 2.99. The van der Waals surface area contributed by atoms with Crippen molar-refractivity contribution in [3.05, 3.63) is 76.2 Å². The van der Waals surface area contributed by atoms with E-state index >= 15 is 0 Å². The third-order valence-electron chi connectivity index (χ3n) is 4.82. The number of aromatic nitrogens is 1. The van der Waals surface area contributed by atoms with Crippen LogP contribution in [-0.4, -0.2) is 22.3 Å². The standard InChI is InChI=1S/C21H16N2O2S/c24-21(23-9-7-20-14(13-23)8-11-26-20)16-12-18(19-6-3-10-25-19)22-17-5-2-1-4-15(16)17/h1-6,8,10-12H,7,9,13H2. The first-order valence-corrected chi connectivity index (χ1v) is 9.46. The van der Waals surface area contributed by atoms with Crippen LogP contribution in [0.5, 0.6) is 0 Å². The molecule has 1 aliphatic heterocycles. The molecule has 1 aliphatic rings. The Bertz CT molecular complexity index is 1100. The number of rotatable bonds is 2. The summed E-state index contributed by atoms with van der Waals surface area (Å²) in [5.41, 5.74) is 3.43. The monoisotopic (exact) mass is 360 g/mol. The number of fused-ring (bicyclic) bond motifs is 2. The van der Waals surface area contributed by atoms with Gasteiger partial charge in [0.15, 0.2) is 5.76 Å². The maximum absolute atomic E-state index is 13.3. The number of carbonyl (C=O) groups is 1. The highest BCUT2D eigenvalue weighted by Crippen LogP contribution is 2.29. The van der Waals surface area contributed by atoms with Gasteiger partial charge in [0.1, 0.15) is 5.69 Å². The first-order valence-electron chi connectivity index (χ1n) is 8.58. The Balaban J connectivity index is 1.60. The van der Waals surface area contributed by atoms with Gasteiger partial charge in [-0.15, -0.1) is 11.3 Å². The largest absolute Gasteiger partial charge is 0.463 e. The van der Waals surface area contributed by atoms with Crippen molar-refractivity contribution in [3.8, 4) is 11.5 Å². The number of para-hydroxylation sites is 1. The summed E-state index contributed by atoms with van der Waals surface area (Å²) in [7, 11) is 0. The second-order valence-electron chi connectivity index (χ2n) is 6.40. The first-order chi connectivity index (χ1) is 12.8. The van der Waals surface area contributed by atoms with E-state index in [-0.39, 0.29) is 5.91 Å². The van der Waals surface area contributed by atoms with Gasteiger partial charge in [-0.05, 0) is 47.7 Å². The summed E-state index contributed by atoms with van der Waals surface area (Å²) >= 11 is 1.78. The van der Waals surface area contributed by atoms with E-state index in [1.165, 1.54) is 10.4 Å². The number of pyridine rings is 1. The molecule has 0 spiro atoms. The van der Waals surface area contributed by atoms with E-state index < -0.39 is 0 Å². The summed E-state index contributed by atoms with van der Waals surface area (Å²) < 4.78 is 5.50. The predicted molar refractivity (Wildman–Crippen MR) is 102 cm³/mol. The van der Waals surface area contributed by atoms with Crippen LogP contribution in [0.4, 0.5) is 0 Å².